The second-order valence-electron chi connectivity index (χ2n) is 5.71. The fraction of sp³-hybridized carbons (Fsp3) is 0.167. The molecule has 8 heteroatoms. The zero-order valence-corrected chi connectivity index (χ0v) is 13.4. The molecule has 2 aromatic rings. The molecule has 5 nitrogen and oxygen atoms in total. The molecule has 3 rings (SSSR count). The number of barbiturate groups is 1. The van der Waals surface area contributed by atoms with Crippen LogP contribution in [0.3, 0.4) is 0 Å². The minimum atomic E-state index is -1.22. The molecule has 0 aromatic heterocycles. The maximum absolute atomic E-state index is 13.4. The van der Waals surface area contributed by atoms with E-state index in [4.69, 9.17) is 0 Å². The summed E-state index contributed by atoms with van der Waals surface area (Å²) in [5.41, 5.74) is 0.407. The van der Waals surface area contributed by atoms with Gasteiger partial charge in [-0.15, -0.1) is 0 Å². The summed E-state index contributed by atoms with van der Waals surface area (Å²) in [6.07, 6.45) is -0.386. The van der Waals surface area contributed by atoms with Gasteiger partial charge in [-0.2, -0.15) is 0 Å². The summed E-state index contributed by atoms with van der Waals surface area (Å²) in [5.74, 6) is -4.31. The van der Waals surface area contributed by atoms with Gasteiger partial charge in [-0.3, -0.25) is 14.5 Å². The van der Waals surface area contributed by atoms with Crippen LogP contribution in [0.25, 0.3) is 0 Å². The number of amides is 4. The number of anilines is 1. The molecule has 1 aliphatic rings. The predicted molar refractivity (Wildman–Crippen MR) is 85.7 cm³/mol. The number of benzene rings is 2. The fourth-order valence-electron chi connectivity index (χ4n) is 2.67. The smallest absolute Gasteiger partial charge is 0.274 e. The van der Waals surface area contributed by atoms with E-state index in [1.807, 2.05) is 0 Å². The van der Waals surface area contributed by atoms with Gasteiger partial charge < -0.3 is 0 Å². The topological polar surface area (TPSA) is 57.7 Å². The molecule has 0 saturated carbocycles. The van der Waals surface area contributed by atoms with Crippen molar-refractivity contribution in [1.82, 2.24) is 4.90 Å². The number of carbonyl (C=O) groups is 3. The van der Waals surface area contributed by atoms with Crippen molar-refractivity contribution in [2.24, 2.45) is 0 Å². The Balaban J connectivity index is 1.82. The Hall–Kier alpha value is -3.16. The second kappa shape index (κ2) is 6.99. The molecular weight excluding hydrogens is 349 g/mol. The first-order valence-corrected chi connectivity index (χ1v) is 7.73. The molecule has 134 valence electrons. The van der Waals surface area contributed by atoms with E-state index in [1.165, 1.54) is 18.2 Å². The van der Waals surface area contributed by atoms with E-state index in [-0.39, 0.29) is 18.7 Å². The Morgan fingerprint density at radius 1 is 0.885 bits per heavy atom. The van der Waals surface area contributed by atoms with Crippen molar-refractivity contribution in [3.63, 3.8) is 0 Å². The molecule has 1 aliphatic heterocycles. The molecule has 0 spiro atoms. The number of carbonyl (C=O) groups excluding carboxylic acids is 3. The Morgan fingerprint density at radius 3 is 2.35 bits per heavy atom. The van der Waals surface area contributed by atoms with Crippen molar-refractivity contribution < 1.29 is 27.6 Å². The molecule has 1 fully saturated rings. The van der Waals surface area contributed by atoms with Crippen LogP contribution in [-0.4, -0.2) is 29.3 Å². The molecule has 0 bridgehead atoms. The van der Waals surface area contributed by atoms with E-state index in [0.717, 1.165) is 17.0 Å². The van der Waals surface area contributed by atoms with E-state index in [1.54, 1.807) is 6.07 Å². The van der Waals surface area contributed by atoms with Crippen LogP contribution in [0.1, 0.15) is 12.0 Å². The standard InChI is InChI=1S/C18H13F3N2O3/c19-12-3-1-2-11(8-12)6-7-22-16(24)10-17(25)23(18(22)26)13-4-5-14(20)15(21)9-13/h1-5,8-9H,6-7,10H2. The van der Waals surface area contributed by atoms with E-state index in [9.17, 15) is 27.6 Å². The van der Waals surface area contributed by atoms with Gasteiger partial charge in [-0.1, -0.05) is 12.1 Å². The number of hydrogen-bond donors (Lipinski definition) is 0. The molecule has 4 amide bonds. The van der Waals surface area contributed by atoms with Gasteiger partial charge in [-0.05, 0) is 36.2 Å². The molecule has 0 N–H and O–H groups in total. The van der Waals surface area contributed by atoms with Crippen LogP contribution in [-0.2, 0) is 16.0 Å². The normalized spacial score (nSPS) is 15.0. The Bertz CT molecular complexity index is 901. The third-order valence-electron chi connectivity index (χ3n) is 3.95. The lowest BCUT2D eigenvalue weighted by molar-refractivity contribution is -0.134. The molecule has 2 aromatic carbocycles. The zero-order valence-electron chi connectivity index (χ0n) is 13.4. The summed E-state index contributed by atoms with van der Waals surface area (Å²) in [7, 11) is 0. The highest BCUT2D eigenvalue weighted by atomic mass is 19.2. The fourth-order valence-corrected chi connectivity index (χ4v) is 2.67. The third kappa shape index (κ3) is 3.44. The summed E-state index contributed by atoms with van der Waals surface area (Å²) < 4.78 is 39.7. The molecule has 1 heterocycles. The molecule has 26 heavy (non-hydrogen) atoms. The molecule has 1 saturated heterocycles. The lowest BCUT2D eigenvalue weighted by Crippen LogP contribution is -2.55. The highest BCUT2D eigenvalue weighted by molar-refractivity contribution is 6.26. The first kappa shape index (κ1) is 17.7. The quantitative estimate of drug-likeness (QED) is 0.786. The lowest BCUT2D eigenvalue weighted by Gasteiger charge is -2.32. The number of urea groups is 1. The van der Waals surface area contributed by atoms with Crippen molar-refractivity contribution >= 4 is 23.5 Å². The number of nitrogens with zero attached hydrogens (tertiary/aromatic N) is 2. The van der Waals surface area contributed by atoms with E-state index < -0.39 is 41.7 Å². The average molecular weight is 362 g/mol. The predicted octanol–water partition coefficient (Wildman–Crippen LogP) is 3.03. The molecule has 0 atom stereocenters. The van der Waals surface area contributed by atoms with Crippen LogP contribution in [0.2, 0.25) is 0 Å². The zero-order chi connectivity index (χ0) is 18.8. The van der Waals surface area contributed by atoms with E-state index in [2.05, 4.69) is 0 Å². The summed E-state index contributed by atoms with van der Waals surface area (Å²) >= 11 is 0. The lowest BCUT2D eigenvalue weighted by atomic mass is 10.1. The minimum Gasteiger partial charge on any atom is -0.274 e. The Labute approximate surface area is 146 Å². The highest BCUT2D eigenvalue weighted by Gasteiger charge is 2.38. The summed E-state index contributed by atoms with van der Waals surface area (Å²) in [6.45, 7) is -0.0748. The SMILES string of the molecule is O=C1CC(=O)N(c2ccc(F)c(F)c2)C(=O)N1CCc1cccc(F)c1. The van der Waals surface area contributed by atoms with Crippen LogP contribution < -0.4 is 4.90 Å². The first-order valence-electron chi connectivity index (χ1n) is 7.73. The largest absolute Gasteiger partial charge is 0.338 e. The molecular formula is C18H13F3N2O3. The number of imide groups is 2. The number of hydrogen-bond acceptors (Lipinski definition) is 3. The average Bonchev–Trinajstić information content (AvgIpc) is 2.57. The van der Waals surface area contributed by atoms with Gasteiger partial charge in [0.05, 0.1) is 5.69 Å². The van der Waals surface area contributed by atoms with Gasteiger partial charge in [0.2, 0.25) is 11.8 Å². The maximum Gasteiger partial charge on any atom is 0.338 e. The van der Waals surface area contributed by atoms with Crippen molar-refractivity contribution in [1.29, 1.82) is 0 Å². The number of rotatable bonds is 4. The summed E-state index contributed by atoms with van der Waals surface area (Å²) in [4.78, 5) is 38.1. The van der Waals surface area contributed by atoms with Crippen LogP contribution >= 0.6 is 0 Å². The van der Waals surface area contributed by atoms with Gasteiger partial charge in [0, 0.05) is 12.6 Å². The maximum atomic E-state index is 13.4. The molecule has 0 aliphatic carbocycles. The molecule has 0 unspecified atom stereocenters. The van der Waals surface area contributed by atoms with Crippen molar-refractivity contribution in [2.75, 3.05) is 11.4 Å². The van der Waals surface area contributed by atoms with Crippen LogP contribution in [0.15, 0.2) is 42.5 Å². The minimum absolute atomic E-state index is 0.0748. The van der Waals surface area contributed by atoms with Gasteiger partial charge in [-0.25, -0.2) is 22.9 Å². The van der Waals surface area contributed by atoms with Gasteiger partial charge in [0.1, 0.15) is 12.2 Å². The first-order chi connectivity index (χ1) is 12.4. The van der Waals surface area contributed by atoms with Gasteiger partial charge in [0.15, 0.2) is 11.6 Å². The van der Waals surface area contributed by atoms with Crippen molar-refractivity contribution in [3.05, 3.63) is 65.5 Å². The third-order valence-corrected chi connectivity index (χ3v) is 3.95. The van der Waals surface area contributed by atoms with Crippen LogP contribution in [0, 0.1) is 17.5 Å². The number of halogens is 3. The highest BCUT2D eigenvalue weighted by Crippen LogP contribution is 2.24. The van der Waals surface area contributed by atoms with E-state index >= 15 is 0 Å². The Morgan fingerprint density at radius 2 is 1.65 bits per heavy atom. The Kier molecular flexibility index (Phi) is 4.75. The summed E-state index contributed by atoms with van der Waals surface area (Å²) in [6, 6.07) is 7.32. The van der Waals surface area contributed by atoms with Crippen LogP contribution in [0.5, 0.6) is 0 Å². The van der Waals surface area contributed by atoms with E-state index in [0.29, 0.717) is 16.5 Å². The summed E-state index contributed by atoms with van der Waals surface area (Å²) in [5, 5.41) is 0. The molecule has 0 radical (unpaired) electrons. The van der Waals surface area contributed by atoms with Crippen molar-refractivity contribution in [2.45, 2.75) is 12.8 Å². The van der Waals surface area contributed by atoms with Gasteiger partial charge >= 0.3 is 6.03 Å². The van der Waals surface area contributed by atoms with Crippen LogP contribution in [0.4, 0.5) is 23.7 Å². The second-order valence-corrected chi connectivity index (χ2v) is 5.71. The van der Waals surface area contributed by atoms with Crippen molar-refractivity contribution in [3.8, 4) is 0 Å². The van der Waals surface area contributed by atoms with Gasteiger partial charge in [0.25, 0.3) is 0 Å². The monoisotopic (exact) mass is 362 g/mol.